The highest BCUT2D eigenvalue weighted by atomic mass is 32.2. The SMILES string of the molecule is CC(C)c1cc(-c2ccc(S(=O)(=O)Nc3cc(F)c(C(=O)N[C@@H](Cc4ccc(-n5c(=O)c6ccncc6n(C)c5=O)cn4)C(=O)OC4CCCCC4)cc3F)nc2)ccn1. The minimum atomic E-state index is -4.51. The molecular weight excluding hydrogens is 799 g/mol. The number of hydrogen-bond donors (Lipinski definition) is 2. The highest BCUT2D eigenvalue weighted by Crippen LogP contribution is 2.26. The van der Waals surface area contributed by atoms with Crippen molar-refractivity contribution in [2.45, 2.75) is 75.5 Å². The molecule has 5 heterocycles. The molecule has 1 fully saturated rings. The standard InChI is InChI=1S/C42H40F2N8O7S/c1-24(2)34-17-25(13-16-46-34)26-9-12-38(48-21-26)60(57,58)50-35-20-32(43)31(19-33(35)44)39(53)49-36(41(55)59-29-7-5-4-6-8-29)18-27-10-11-28(22-47-27)52-40(54)30-14-15-45-23-37(30)51(3)42(52)56/h9-17,19-24,29,36,50H,4-8,18H2,1-3H3,(H,49,53)/t36-/m0/s1. The van der Waals surface area contributed by atoms with Gasteiger partial charge in [0.25, 0.3) is 21.5 Å². The molecule has 1 saturated carbocycles. The number of pyridine rings is 4. The topological polar surface area (TPSA) is 197 Å². The first kappa shape index (κ1) is 41.5. The first-order valence-corrected chi connectivity index (χ1v) is 20.6. The molecular formula is C42H40F2N8O7S. The smallest absolute Gasteiger partial charge is 0.335 e. The minimum absolute atomic E-state index is 0.139. The number of aryl methyl sites for hydroxylation is 1. The molecule has 5 aromatic heterocycles. The summed E-state index contributed by atoms with van der Waals surface area (Å²) in [6, 6.07) is 10.4. The zero-order chi connectivity index (χ0) is 42.7. The number of carbonyl (C=O) groups is 2. The number of carbonyl (C=O) groups excluding carboxylic acids is 2. The number of nitrogens with zero attached hydrogens (tertiary/aromatic N) is 6. The second-order valence-electron chi connectivity index (χ2n) is 14.7. The molecule has 1 amide bonds. The lowest BCUT2D eigenvalue weighted by molar-refractivity contribution is -0.152. The Morgan fingerprint density at radius 2 is 1.67 bits per heavy atom. The van der Waals surface area contributed by atoms with Crippen LogP contribution in [-0.2, 0) is 33.0 Å². The maximum absolute atomic E-state index is 15.6. The van der Waals surface area contributed by atoms with Crippen LogP contribution >= 0.6 is 0 Å². The average Bonchev–Trinajstić information content (AvgIpc) is 3.24. The quantitative estimate of drug-likeness (QED) is 0.151. The molecule has 6 aromatic rings. The van der Waals surface area contributed by atoms with Gasteiger partial charge in [0.15, 0.2) is 5.03 Å². The van der Waals surface area contributed by atoms with Crippen molar-refractivity contribution in [2.75, 3.05) is 4.72 Å². The van der Waals surface area contributed by atoms with Crippen molar-refractivity contribution < 1.29 is 31.5 Å². The van der Waals surface area contributed by atoms with Crippen LogP contribution in [0.4, 0.5) is 14.5 Å². The molecule has 7 rings (SSSR count). The van der Waals surface area contributed by atoms with E-state index in [2.05, 4.69) is 25.3 Å². The van der Waals surface area contributed by atoms with E-state index < -0.39 is 73.2 Å². The van der Waals surface area contributed by atoms with Crippen LogP contribution in [0.2, 0.25) is 0 Å². The summed E-state index contributed by atoms with van der Waals surface area (Å²) in [7, 11) is -3.01. The second-order valence-corrected chi connectivity index (χ2v) is 16.4. The van der Waals surface area contributed by atoms with E-state index in [4.69, 9.17) is 4.74 Å². The van der Waals surface area contributed by atoms with E-state index in [9.17, 15) is 27.6 Å². The molecule has 18 heteroatoms. The maximum Gasteiger partial charge on any atom is 0.335 e. The lowest BCUT2D eigenvalue weighted by Crippen LogP contribution is -2.45. The number of nitrogens with one attached hydrogen (secondary N) is 2. The largest absolute Gasteiger partial charge is 0.461 e. The van der Waals surface area contributed by atoms with Crippen molar-refractivity contribution in [3.63, 3.8) is 0 Å². The van der Waals surface area contributed by atoms with Crippen LogP contribution in [0, 0.1) is 11.6 Å². The minimum Gasteiger partial charge on any atom is -0.461 e. The van der Waals surface area contributed by atoms with Crippen molar-refractivity contribution in [1.82, 2.24) is 34.4 Å². The summed E-state index contributed by atoms with van der Waals surface area (Å²) in [6.45, 7) is 3.98. The van der Waals surface area contributed by atoms with E-state index in [0.717, 1.165) is 35.1 Å². The zero-order valence-electron chi connectivity index (χ0n) is 32.8. The molecule has 2 N–H and O–H groups in total. The molecule has 0 aliphatic heterocycles. The van der Waals surface area contributed by atoms with Crippen LogP contribution in [0.25, 0.3) is 27.7 Å². The predicted octanol–water partition coefficient (Wildman–Crippen LogP) is 5.36. The summed E-state index contributed by atoms with van der Waals surface area (Å²) in [5.74, 6) is -4.41. The molecule has 1 atom stereocenters. The van der Waals surface area contributed by atoms with Crippen molar-refractivity contribution in [2.24, 2.45) is 7.05 Å². The van der Waals surface area contributed by atoms with Gasteiger partial charge in [-0.1, -0.05) is 20.3 Å². The van der Waals surface area contributed by atoms with Crippen LogP contribution in [0.5, 0.6) is 0 Å². The van der Waals surface area contributed by atoms with Crippen LogP contribution in [0.15, 0.2) is 100 Å². The van der Waals surface area contributed by atoms with E-state index in [1.807, 2.05) is 24.6 Å². The highest BCUT2D eigenvalue weighted by molar-refractivity contribution is 7.92. The number of benzene rings is 1. The Hall–Kier alpha value is -6.69. The molecule has 0 bridgehead atoms. The van der Waals surface area contributed by atoms with Gasteiger partial charge in [-0.3, -0.25) is 33.8 Å². The molecule has 310 valence electrons. The first-order valence-electron chi connectivity index (χ1n) is 19.2. The third kappa shape index (κ3) is 8.83. The number of aromatic nitrogens is 6. The zero-order valence-corrected chi connectivity index (χ0v) is 33.6. The van der Waals surface area contributed by atoms with Gasteiger partial charge in [0, 0.05) is 55.1 Å². The van der Waals surface area contributed by atoms with E-state index in [1.165, 1.54) is 66.7 Å². The summed E-state index contributed by atoms with van der Waals surface area (Å²) in [4.78, 5) is 70.2. The lowest BCUT2D eigenvalue weighted by atomic mass is 9.97. The predicted molar refractivity (Wildman–Crippen MR) is 217 cm³/mol. The molecule has 0 radical (unpaired) electrons. The van der Waals surface area contributed by atoms with Crippen molar-refractivity contribution >= 4 is 38.5 Å². The summed E-state index contributed by atoms with van der Waals surface area (Å²) >= 11 is 0. The van der Waals surface area contributed by atoms with Crippen molar-refractivity contribution in [3.05, 3.63) is 135 Å². The molecule has 0 saturated heterocycles. The fraction of sp³-hybridized carbons (Fsp3) is 0.286. The van der Waals surface area contributed by atoms with Crippen molar-refractivity contribution in [3.8, 4) is 16.8 Å². The Morgan fingerprint density at radius 3 is 2.37 bits per heavy atom. The number of amides is 1. The fourth-order valence-corrected chi connectivity index (χ4v) is 7.90. The molecule has 0 unspecified atom stereocenters. The molecule has 1 aromatic carbocycles. The van der Waals surface area contributed by atoms with Gasteiger partial charge in [-0.15, -0.1) is 0 Å². The van der Waals surface area contributed by atoms with E-state index in [0.29, 0.717) is 36.1 Å². The second kappa shape index (κ2) is 17.3. The number of ether oxygens (including phenoxy) is 1. The number of esters is 1. The number of halogens is 2. The highest BCUT2D eigenvalue weighted by Gasteiger charge is 2.30. The van der Waals surface area contributed by atoms with Gasteiger partial charge in [0.05, 0.1) is 40.2 Å². The monoisotopic (exact) mass is 838 g/mol. The average molecular weight is 839 g/mol. The number of fused-ring (bicyclic) bond motifs is 1. The summed E-state index contributed by atoms with van der Waals surface area (Å²) in [5.41, 5.74) is 0.113. The maximum atomic E-state index is 15.6. The van der Waals surface area contributed by atoms with Gasteiger partial charge in [-0.2, -0.15) is 8.42 Å². The van der Waals surface area contributed by atoms with Crippen LogP contribution < -0.4 is 21.3 Å². The van der Waals surface area contributed by atoms with Crippen molar-refractivity contribution in [1.29, 1.82) is 0 Å². The number of hydrogen-bond acceptors (Lipinski definition) is 11. The summed E-state index contributed by atoms with van der Waals surface area (Å²) < 4.78 is 67.3. The van der Waals surface area contributed by atoms with E-state index >= 15 is 8.78 Å². The van der Waals surface area contributed by atoms with Crippen LogP contribution in [-0.4, -0.2) is 61.5 Å². The fourth-order valence-electron chi connectivity index (χ4n) is 6.91. The lowest BCUT2D eigenvalue weighted by Gasteiger charge is -2.25. The molecule has 0 spiro atoms. The normalized spacial score (nSPS) is 13.9. The number of anilines is 1. The van der Waals surface area contributed by atoms with Gasteiger partial charge in [0.1, 0.15) is 23.8 Å². The van der Waals surface area contributed by atoms with Gasteiger partial charge < -0.3 is 10.1 Å². The Labute approximate surface area is 342 Å². The van der Waals surface area contributed by atoms with Gasteiger partial charge in [-0.05, 0) is 85.7 Å². The Kier molecular flexibility index (Phi) is 11.9. The molecule has 15 nitrogen and oxygen atoms in total. The molecule has 1 aliphatic rings. The Balaban J connectivity index is 1.10. The Bertz CT molecular complexity index is 2830. The van der Waals surface area contributed by atoms with Gasteiger partial charge in [0.2, 0.25) is 0 Å². The first-order chi connectivity index (χ1) is 28.7. The van der Waals surface area contributed by atoms with E-state index in [-0.39, 0.29) is 29.1 Å². The van der Waals surface area contributed by atoms with E-state index in [1.54, 1.807) is 12.3 Å². The molecule has 60 heavy (non-hydrogen) atoms. The number of sulfonamides is 1. The van der Waals surface area contributed by atoms with Crippen LogP contribution in [0.1, 0.15) is 73.6 Å². The van der Waals surface area contributed by atoms with Crippen LogP contribution in [0.3, 0.4) is 0 Å². The molecule has 1 aliphatic carbocycles. The Morgan fingerprint density at radius 1 is 0.883 bits per heavy atom. The third-order valence-electron chi connectivity index (χ3n) is 10.2. The summed E-state index contributed by atoms with van der Waals surface area (Å²) in [6.07, 6.45) is 10.3. The summed E-state index contributed by atoms with van der Waals surface area (Å²) in [5, 5.41) is 2.22. The van der Waals surface area contributed by atoms with Gasteiger partial charge in [-0.25, -0.2) is 27.9 Å². The van der Waals surface area contributed by atoms with Gasteiger partial charge >= 0.3 is 11.7 Å². The third-order valence-corrected chi connectivity index (χ3v) is 11.5. The number of rotatable bonds is 12.